The lowest BCUT2D eigenvalue weighted by Gasteiger charge is -2.45. The summed E-state index contributed by atoms with van der Waals surface area (Å²) in [6.07, 6.45) is 0.0536. The Kier molecular flexibility index (Phi) is 7.74. The molecule has 2 N–H and O–H groups in total. The highest BCUT2D eigenvalue weighted by molar-refractivity contribution is 7.88. The molecule has 34 heavy (non-hydrogen) atoms. The van der Waals surface area contributed by atoms with Crippen LogP contribution in [0.3, 0.4) is 0 Å². The zero-order chi connectivity index (χ0) is 25.3. The highest BCUT2D eigenvalue weighted by atomic mass is 35.5. The Morgan fingerprint density at radius 3 is 2.12 bits per heavy atom. The van der Waals surface area contributed by atoms with E-state index < -0.39 is 26.1 Å². The summed E-state index contributed by atoms with van der Waals surface area (Å²) in [4.78, 5) is 14.2. The van der Waals surface area contributed by atoms with E-state index in [0.717, 1.165) is 0 Å². The highest BCUT2D eigenvalue weighted by Gasteiger charge is 2.65. The number of hydrogen-bond donors (Lipinski definition) is 2. The van der Waals surface area contributed by atoms with E-state index in [9.17, 15) is 17.8 Å². The van der Waals surface area contributed by atoms with Crippen molar-refractivity contribution < 1.29 is 32.0 Å². The molecule has 2 aromatic rings. The third-order valence-corrected chi connectivity index (χ3v) is 9.12. The van der Waals surface area contributed by atoms with Crippen LogP contribution in [0, 0.1) is 0 Å². The van der Waals surface area contributed by atoms with Gasteiger partial charge in [-0.15, -0.1) is 0 Å². The topological polar surface area (TPSA) is 111 Å². The third-order valence-electron chi connectivity index (χ3n) is 6.63. The predicted molar refractivity (Wildman–Crippen MR) is 131 cm³/mol. The lowest BCUT2D eigenvalue weighted by atomic mass is 9.65. The molecule has 0 aliphatic carbocycles. The van der Waals surface area contributed by atoms with Gasteiger partial charge in [-0.2, -0.15) is 8.42 Å². The molecule has 0 aromatic heterocycles. The summed E-state index contributed by atoms with van der Waals surface area (Å²) in [5.41, 5.74) is -0.867. The first-order valence-electron chi connectivity index (χ1n) is 10.5. The normalized spacial score (nSPS) is 20.0. The van der Waals surface area contributed by atoms with E-state index >= 15 is 0 Å². The fourth-order valence-corrected chi connectivity index (χ4v) is 6.82. The molecule has 2 unspecified atom stereocenters. The second-order valence-electron chi connectivity index (χ2n) is 8.04. The van der Waals surface area contributed by atoms with Gasteiger partial charge < -0.3 is 19.5 Å². The monoisotopic (exact) mass is 531 g/mol. The van der Waals surface area contributed by atoms with Gasteiger partial charge in [0.25, 0.3) is 10.1 Å². The van der Waals surface area contributed by atoms with Crippen LogP contribution < -0.4 is 19.5 Å². The number of ketones is 1. The molecule has 2 atom stereocenters. The fourth-order valence-electron chi connectivity index (χ4n) is 5.02. The summed E-state index contributed by atoms with van der Waals surface area (Å²) in [5.74, 6) is -0.193. The average molecular weight is 532 g/mol. The lowest BCUT2D eigenvalue weighted by Crippen LogP contribution is -2.62. The number of carbonyl (C=O) groups is 1. The van der Waals surface area contributed by atoms with Crippen molar-refractivity contribution in [1.82, 2.24) is 5.32 Å². The first-order valence-corrected chi connectivity index (χ1v) is 12.7. The minimum Gasteiger partial charge on any atom is -0.493 e. The second-order valence-corrected chi connectivity index (χ2v) is 10.5. The van der Waals surface area contributed by atoms with Crippen LogP contribution in [0.5, 0.6) is 17.2 Å². The SMILES string of the molecule is CCC(C(=O)c1cc(OC)c(OC)c(OC)c1)(C1(c2ccc(Cl)c(Cl)c2)CCNC1)S(=O)(=O)O. The van der Waals surface area contributed by atoms with Gasteiger partial charge in [0.15, 0.2) is 22.0 Å². The molecule has 0 spiro atoms. The first-order chi connectivity index (χ1) is 16.0. The molecule has 0 amide bonds. The Morgan fingerprint density at radius 1 is 1.09 bits per heavy atom. The minimum atomic E-state index is -4.97. The molecule has 1 aliphatic rings. The second kappa shape index (κ2) is 9.91. The van der Waals surface area contributed by atoms with Crippen molar-refractivity contribution in [1.29, 1.82) is 0 Å². The number of ether oxygens (including phenoxy) is 3. The Morgan fingerprint density at radius 2 is 1.71 bits per heavy atom. The van der Waals surface area contributed by atoms with Crippen molar-refractivity contribution in [2.45, 2.75) is 29.9 Å². The summed E-state index contributed by atoms with van der Waals surface area (Å²) in [5, 5.41) is 3.66. The molecule has 11 heteroatoms. The van der Waals surface area contributed by atoms with Crippen molar-refractivity contribution in [2.24, 2.45) is 0 Å². The van der Waals surface area contributed by atoms with Gasteiger partial charge in [0.1, 0.15) is 0 Å². The van der Waals surface area contributed by atoms with E-state index in [1.54, 1.807) is 25.1 Å². The molecule has 186 valence electrons. The minimum absolute atomic E-state index is 0.0136. The van der Waals surface area contributed by atoms with Gasteiger partial charge in [0, 0.05) is 17.5 Å². The van der Waals surface area contributed by atoms with E-state index in [2.05, 4.69) is 5.32 Å². The number of rotatable bonds is 9. The Bertz CT molecular complexity index is 1170. The smallest absolute Gasteiger partial charge is 0.279 e. The Balaban J connectivity index is 2.36. The summed E-state index contributed by atoms with van der Waals surface area (Å²) < 4.78 is 50.9. The standard InChI is InChI=1S/C23H27Cl2NO7S/c1-5-23(34(28,29)30,21(27)14-10-18(31-2)20(33-4)19(11-14)32-3)22(8-9-26-13-22)15-6-7-16(24)17(25)12-15/h6-7,10-12,26H,5,8-9,13H2,1-4H3,(H,28,29,30). The summed E-state index contributed by atoms with van der Waals surface area (Å²) in [7, 11) is -0.777. The molecule has 2 aromatic carbocycles. The maximum absolute atomic E-state index is 14.2. The Labute approximate surface area is 209 Å². The van der Waals surface area contributed by atoms with Gasteiger partial charge in [-0.3, -0.25) is 9.35 Å². The summed E-state index contributed by atoms with van der Waals surface area (Å²) >= 11 is 12.4. The number of carbonyl (C=O) groups excluding carboxylic acids is 1. The number of Topliss-reactive ketones (excluding diaryl/α,β-unsaturated/α-hetero) is 1. The van der Waals surface area contributed by atoms with Crippen LogP contribution in [0.2, 0.25) is 10.0 Å². The van der Waals surface area contributed by atoms with E-state index in [0.29, 0.717) is 12.1 Å². The number of halogens is 2. The van der Waals surface area contributed by atoms with E-state index in [4.69, 9.17) is 37.4 Å². The molecule has 1 aliphatic heterocycles. The van der Waals surface area contributed by atoms with E-state index in [-0.39, 0.29) is 52.2 Å². The van der Waals surface area contributed by atoms with Crippen molar-refractivity contribution >= 4 is 39.1 Å². The average Bonchev–Trinajstić information content (AvgIpc) is 3.30. The van der Waals surface area contributed by atoms with Gasteiger partial charge in [0.05, 0.1) is 31.4 Å². The Hall–Kier alpha value is -2.04. The van der Waals surface area contributed by atoms with Gasteiger partial charge in [-0.25, -0.2) is 0 Å². The third kappa shape index (κ3) is 4.03. The van der Waals surface area contributed by atoms with Gasteiger partial charge in [-0.05, 0) is 49.2 Å². The highest BCUT2D eigenvalue weighted by Crippen LogP contribution is 2.51. The molecule has 8 nitrogen and oxygen atoms in total. The van der Waals surface area contributed by atoms with E-state index in [1.165, 1.54) is 33.5 Å². The number of methoxy groups -OCH3 is 3. The molecule has 0 radical (unpaired) electrons. The van der Waals surface area contributed by atoms with Crippen molar-refractivity contribution in [2.75, 3.05) is 34.4 Å². The van der Waals surface area contributed by atoms with Gasteiger partial charge in [-0.1, -0.05) is 36.2 Å². The molecular formula is C23H27Cl2NO7S. The van der Waals surface area contributed by atoms with Gasteiger partial charge in [0.2, 0.25) is 5.75 Å². The molecule has 3 rings (SSSR count). The van der Waals surface area contributed by atoms with Crippen LogP contribution in [0.25, 0.3) is 0 Å². The zero-order valence-electron chi connectivity index (χ0n) is 19.3. The van der Waals surface area contributed by atoms with E-state index in [1.807, 2.05) is 0 Å². The van der Waals surface area contributed by atoms with Crippen LogP contribution >= 0.6 is 23.2 Å². The number of benzene rings is 2. The van der Waals surface area contributed by atoms with Crippen LogP contribution in [0.15, 0.2) is 30.3 Å². The maximum Gasteiger partial charge on any atom is 0.279 e. The molecule has 0 bridgehead atoms. The van der Waals surface area contributed by atoms with Crippen molar-refractivity contribution in [3.8, 4) is 17.2 Å². The fraction of sp³-hybridized carbons (Fsp3) is 0.435. The predicted octanol–water partition coefficient (Wildman–Crippen LogP) is 4.17. The molecular weight excluding hydrogens is 505 g/mol. The zero-order valence-corrected chi connectivity index (χ0v) is 21.6. The molecule has 0 saturated carbocycles. The quantitative estimate of drug-likeness (QED) is 0.366. The molecule has 1 heterocycles. The summed E-state index contributed by atoms with van der Waals surface area (Å²) in [6.45, 7) is 2.11. The van der Waals surface area contributed by atoms with Crippen LogP contribution in [-0.2, 0) is 15.5 Å². The first kappa shape index (κ1) is 26.6. The number of hydrogen-bond acceptors (Lipinski definition) is 7. The molecule has 1 saturated heterocycles. The lowest BCUT2D eigenvalue weighted by molar-refractivity contribution is 0.0868. The molecule has 1 fully saturated rings. The number of nitrogens with one attached hydrogen (secondary N) is 1. The van der Waals surface area contributed by atoms with Crippen molar-refractivity contribution in [3.05, 3.63) is 51.5 Å². The van der Waals surface area contributed by atoms with Crippen molar-refractivity contribution in [3.63, 3.8) is 0 Å². The summed E-state index contributed by atoms with van der Waals surface area (Å²) in [6, 6.07) is 7.50. The van der Waals surface area contributed by atoms with Crippen LogP contribution in [0.4, 0.5) is 0 Å². The van der Waals surface area contributed by atoms with Crippen LogP contribution in [0.1, 0.15) is 35.7 Å². The van der Waals surface area contributed by atoms with Gasteiger partial charge >= 0.3 is 0 Å². The van der Waals surface area contributed by atoms with Crippen LogP contribution in [-0.4, -0.2) is 57.9 Å². The largest absolute Gasteiger partial charge is 0.493 e. The maximum atomic E-state index is 14.2.